The number of rotatable bonds is 6. The van der Waals surface area contributed by atoms with E-state index < -0.39 is 0 Å². The third-order valence-electron chi connectivity index (χ3n) is 5.14. The summed E-state index contributed by atoms with van der Waals surface area (Å²) in [5.41, 5.74) is 2.52. The third kappa shape index (κ3) is 3.90. The van der Waals surface area contributed by atoms with E-state index in [1.807, 2.05) is 27.8 Å². The van der Waals surface area contributed by atoms with Crippen LogP contribution < -0.4 is 5.32 Å². The Morgan fingerprint density at radius 1 is 1.35 bits per heavy atom. The Morgan fingerprint density at radius 2 is 2.15 bits per heavy atom. The summed E-state index contributed by atoms with van der Waals surface area (Å²) < 4.78 is 0. The molecule has 0 bridgehead atoms. The maximum absolute atomic E-state index is 12.8. The molecule has 2 heterocycles. The molecule has 0 saturated carbocycles. The van der Waals surface area contributed by atoms with Gasteiger partial charge < -0.3 is 10.2 Å². The van der Waals surface area contributed by atoms with Crippen LogP contribution in [0.3, 0.4) is 0 Å². The highest BCUT2D eigenvalue weighted by molar-refractivity contribution is 7.20. The smallest absolute Gasteiger partial charge is 0.264 e. The molecule has 2 aromatic rings. The first-order valence-electron chi connectivity index (χ1n) is 9.42. The first-order valence-corrected chi connectivity index (χ1v) is 10.2. The molecular weight excluding hydrogens is 344 g/mol. The van der Waals surface area contributed by atoms with Crippen molar-refractivity contribution < 1.29 is 4.79 Å². The minimum absolute atomic E-state index is 0.0545. The van der Waals surface area contributed by atoms with Crippen LogP contribution in [0.4, 0.5) is 5.82 Å². The maximum atomic E-state index is 12.8. The monoisotopic (exact) mass is 372 g/mol. The van der Waals surface area contributed by atoms with Crippen LogP contribution in [0, 0.1) is 6.92 Å². The van der Waals surface area contributed by atoms with E-state index in [2.05, 4.69) is 21.4 Å². The second kappa shape index (κ2) is 8.16. The number of thiophene rings is 1. The molecule has 3 rings (SSSR count). The summed E-state index contributed by atoms with van der Waals surface area (Å²) in [6.45, 7) is 6.90. The molecule has 0 saturated heterocycles. The van der Waals surface area contributed by atoms with Gasteiger partial charge in [-0.25, -0.2) is 9.97 Å². The van der Waals surface area contributed by atoms with Crippen molar-refractivity contribution in [3.63, 3.8) is 0 Å². The van der Waals surface area contributed by atoms with Gasteiger partial charge in [0.2, 0.25) is 0 Å². The summed E-state index contributed by atoms with van der Waals surface area (Å²) in [6.07, 6.45) is 10.1. The lowest BCUT2D eigenvalue weighted by molar-refractivity contribution is 0.0759. The van der Waals surface area contributed by atoms with Crippen LogP contribution in [0.15, 0.2) is 18.0 Å². The zero-order valence-electron chi connectivity index (χ0n) is 16.1. The first kappa shape index (κ1) is 18.8. The molecule has 1 N–H and O–H groups in total. The second-order valence-corrected chi connectivity index (χ2v) is 8.25. The molecule has 5 nitrogen and oxygen atoms in total. The van der Waals surface area contributed by atoms with Gasteiger partial charge in [-0.05, 0) is 58.4 Å². The predicted octanol–water partition coefficient (Wildman–Crippen LogP) is 4.78. The van der Waals surface area contributed by atoms with Crippen molar-refractivity contribution in [2.24, 2.45) is 0 Å². The molecule has 2 aromatic heterocycles. The van der Waals surface area contributed by atoms with E-state index in [0.29, 0.717) is 0 Å². The van der Waals surface area contributed by atoms with Gasteiger partial charge in [0.05, 0.1) is 10.3 Å². The van der Waals surface area contributed by atoms with Gasteiger partial charge in [0.25, 0.3) is 5.91 Å². The topological polar surface area (TPSA) is 58.1 Å². The van der Waals surface area contributed by atoms with Crippen molar-refractivity contribution in [3.05, 3.63) is 28.4 Å². The highest BCUT2D eigenvalue weighted by atomic mass is 32.1. The number of aryl methyl sites for hydroxylation is 1. The molecule has 1 aliphatic rings. The average Bonchev–Trinajstić information content (AvgIpc) is 2.99. The van der Waals surface area contributed by atoms with E-state index >= 15 is 0 Å². The number of carbonyl (C=O) groups is 1. The molecule has 1 amide bonds. The van der Waals surface area contributed by atoms with Crippen LogP contribution >= 0.6 is 11.3 Å². The molecule has 6 heteroatoms. The van der Waals surface area contributed by atoms with Gasteiger partial charge in [-0.2, -0.15) is 0 Å². The van der Waals surface area contributed by atoms with E-state index in [9.17, 15) is 4.79 Å². The van der Waals surface area contributed by atoms with E-state index in [-0.39, 0.29) is 11.9 Å². The fraction of sp³-hybridized carbons (Fsp3) is 0.550. The van der Waals surface area contributed by atoms with E-state index in [4.69, 9.17) is 0 Å². The van der Waals surface area contributed by atoms with Gasteiger partial charge in [0.15, 0.2) is 0 Å². The van der Waals surface area contributed by atoms with E-state index in [0.717, 1.165) is 39.4 Å². The number of allylic oxidation sites excluding steroid dienone is 1. The normalized spacial score (nSPS) is 14.6. The summed E-state index contributed by atoms with van der Waals surface area (Å²) >= 11 is 1.46. The Labute approximate surface area is 159 Å². The van der Waals surface area contributed by atoms with E-state index in [1.54, 1.807) is 16.8 Å². The molecule has 0 aliphatic heterocycles. The summed E-state index contributed by atoms with van der Waals surface area (Å²) in [6, 6.07) is 0.166. The van der Waals surface area contributed by atoms with Crippen molar-refractivity contribution in [2.45, 2.75) is 58.9 Å². The Hall–Kier alpha value is -1.95. The maximum Gasteiger partial charge on any atom is 0.264 e. The average molecular weight is 373 g/mol. The standard InChI is InChI=1S/C20H28N4OS/c1-13(2)24(4)20(25)17-14(3)16-18(22-12-23-19(16)26-17)21-11-10-15-8-6-5-7-9-15/h8,12-13H,5-7,9-11H2,1-4H3,(H,21,22,23). The van der Waals surface area contributed by atoms with Crippen LogP contribution in [-0.2, 0) is 0 Å². The van der Waals surface area contributed by atoms with Crippen LogP contribution in [0.2, 0.25) is 0 Å². The lowest BCUT2D eigenvalue weighted by Crippen LogP contribution is -2.32. The van der Waals surface area contributed by atoms with Crippen molar-refractivity contribution in [1.29, 1.82) is 0 Å². The molecule has 140 valence electrons. The number of aromatic nitrogens is 2. The largest absolute Gasteiger partial charge is 0.369 e. The Balaban J connectivity index is 1.81. The molecule has 0 unspecified atom stereocenters. The van der Waals surface area contributed by atoms with Gasteiger partial charge in [-0.15, -0.1) is 11.3 Å². The number of hydrogen-bond acceptors (Lipinski definition) is 5. The molecule has 0 spiro atoms. The molecule has 0 atom stereocenters. The highest BCUT2D eigenvalue weighted by Crippen LogP contribution is 2.34. The zero-order valence-corrected chi connectivity index (χ0v) is 16.9. The molecule has 0 fully saturated rings. The number of nitrogens with one attached hydrogen (secondary N) is 1. The van der Waals surface area contributed by atoms with Crippen molar-refractivity contribution in [3.8, 4) is 0 Å². The van der Waals surface area contributed by atoms with Crippen LogP contribution in [0.25, 0.3) is 10.2 Å². The lowest BCUT2D eigenvalue weighted by Gasteiger charge is -2.20. The number of amides is 1. The molecular formula is C20H28N4OS. The highest BCUT2D eigenvalue weighted by Gasteiger charge is 2.22. The number of fused-ring (bicyclic) bond motifs is 1. The van der Waals surface area contributed by atoms with Crippen molar-refractivity contribution in [2.75, 3.05) is 18.9 Å². The minimum atomic E-state index is 0.0545. The minimum Gasteiger partial charge on any atom is -0.369 e. The van der Waals surface area contributed by atoms with E-state index in [1.165, 1.54) is 37.0 Å². The SMILES string of the molecule is Cc1c(C(=O)N(C)C(C)C)sc2ncnc(NCCC3=CCCCC3)c12. The second-order valence-electron chi connectivity index (χ2n) is 7.25. The molecule has 26 heavy (non-hydrogen) atoms. The summed E-state index contributed by atoms with van der Waals surface area (Å²) in [5, 5.41) is 4.45. The number of hydrogen-bond donors (Lipinski definition) is 1. The lowest BCUT2D eigenvalue weighted by atomic mass is 9.97. The third-order valence-corrected chi connectivity index (χ3v) is 6.33. The van der Waals surface area contributed by atoms with Crippen LogP contribution in [-0.4, -0.2) is 40.4 Å². The fourth-order valence-electron chi connectivity index (χ4n) is 3.28. The van der Waals surface area contributed by atoms with Gasteiger partial charge in [0.1, 0.15) is 17.0 Å². The molecule has 0 aromatic carbocycles. The Morgan fingerprint density at radius 3 is 2.85 bits per heavy atom. The summed E-state index contributed by atoms with van der Waals surface area (Å²) in [4.78, 5) is 25.0. The number of nitrogens with zero attached hydrogens (tertiary/aromatic N) is 3. The Kier molecular flexibility index (Phi) is 5.91. The van der Waals surface area contributed by atoms with Gasteiger partial charge in [-0.3, -0.25) is 4.79 Å². The quantitative estimate of drug-likeness (QED) is 0.741. The van der Waals surface area contributed by atoms with Crippen molar-refractivity contribution in [1.82, 2.24) is 14.9 Å². The summed E-state index contributed by atoms with van der Waals surface area (Å²) in [7, 11) is 1.85. The van der Waals surface area contributed by atoms with Gasteiger partial charge in [0, 0.05) is 19.6 Å². The van der Waals surface area contributed by atoms with Gasteiger partial charge in [-0.1, -0.05) is 11.6 Å². The van der Waals surface area contributed by atoms with Crippen LogP contribution in [0.1, 0.15) is 61.2 Å². The summed E-state index contributed by atoms with van der Waals surface area (Å²) in [5.74, 6) is 0.894. The molecule has 0 radical (unpaired) electrons. The zero-order chi connectivity index (χ0) is 18.7. The number of carbonyl (C=O) groups excluding carboxylic acids is 1. The number of anilines is 1. The first-order chi connectivity index (χ1) is 12.5. The fourth-order valence-corrected chi connectivity index (χ4v) is 4.41. The Bertz CT molecular complexity index is 825. The molecule has 1 aliphatic carbocycles. The van der Waals surface area contributed by atoms with Crippen LogP contribution in [0.5, 0.6) is 0 Å². The van der Waals surface area contributed by atoms with Crippen molar-refractivity contribution >= 4 is 33.3 Å². The van der Waals surface area contributed by atoms with Gasteiger partial charge >= 0.3 is 0 Å². The predicted molar refractivity (Wildman–Crippen MR) is 109 cm³/mol.